The van der Waals surface area contributed by atoms with Gasteiger partial charge in [-0.1, -0.05) is 0 Å². The zero-order valence-corrected chi connectivity index (χ0v) is 9.02. The van der Waals surface area contributed by atoms with Crippen molar-refractivity contribution in [1.29, 1.82) is 0 Å². The monoisotopic (exact) mass is 208 g/mol. The number of anilines is 1. The molecular weight excluding hydrogens is 191 g/mol. The molecule has 0 bridgehead atoms. The third-order valence-corrected chi connectivity index (χ3v) is 2.93. The van der Waals surface area contributed by atoms with E-state index < -0.39 is 0 Å². The van der Waals surface area contributed by atoms with Crippen LogP contribution in [0.3, 0.4) is 0 Å². The summed E-state index contributed by atoms with van der Waals surface area (Å²) in [6.07, 6.45) is 3.19. The molecule has 0 fully saturated rings. The maximum Gasteiger partial charge on any atom is 0.123 e. The fourth-order valence-corrected chi connectivity index (χ4v) is 2.07. The Kier molecular flexibility index (Phi) is 3.21. The minimum atomic E-state index is -0.135. The number of rotatable bonds is 3. The number of aryl methyl sites for hydroxylation is 1. The molecule has 0 aliphatic carbocycles. The highest BCUT2D eigenvalue weighted by Crippen LogP contribution is 2.26. The van der Waals surface area contributed by atoms with Crippen LogP contribution < -0.4 is 10.6 Å². The fourth-order valence-electron chi connectivity index (χ4n) is 2.07. The first-order valence-corrected chi connectivity index (χ1v) is 5.49. The second-order valence-electron chi connectivity index (χ2n) is 4.07. The van der Waals surface area contributed by atoms with Gasteiger partial charge in [0, 0.05) is 11.7 Å². The van der Waals surface area contributed by atoms with Crippen LogP contribution in [0.1, 0.15) is 18.4 Å². The Bertz CT molecular complexity index is 338. The van der Waals surface area contributed by atoms with E-state index in [2.05, 4.69) is 10.6 Å². The molecule has 1 aliphatic rings. The smallest absolute Gasteiger partial charge is 0.123 e. The van der Waals surface area contributed by atoms with Crippen LogP contribution in [0.2, 0.25) is 0 Å². The lowest BCUT2D eigenvalue weighted by Crippen LogP contribution is -2.28. The van der Waals surface area contributed by atoms with Crippen LogP contribution in [0.4, 0.5) is 10.1 Å². The Balaban J connectivity index is 2.03. The SMILES string of the molecule is CNCCC1CCc2cc(F)ccc2N1. The summed E-state index contributed by atoms with van der Waals surface area (Å²) in [4.78, 5) is 0. The number of hydrogen-bond donors (Lipinski definition) is 2. The van der Waals surface area contributed by atoms with Gasteiger partial charge in [0.2, 0.25) is 0 Å². The summed E-state index contributed by atoms with van der Waals surface area (Å²) in [7, 11) is 1.96. The summed E-state index contributed by atoms with van der Waals surface area (Å²) in [5, 5.41) is 6.60. The molecule has 1 aliphatic heterocycles. The molecule has 1 aromatic rings. The standard InChI is InChI=1S/C12H17FN2/c1-14-7-6-11-4-2-9-8-10(13)3-5-12(9)15-11/h3,5,8,11,14-15H,2,4,6-7H2,1H3. The van der Waals surface area contributed by atoms with Gasteiger partial charge in [0.15, 0.2) is 0 Å². The molecule has 0 saturated carbocycles. The first-order valence-electron chi connectivity index (χ1n) is 5.49. The van der Waals surface area contributed by atoms with Gasteiger partial charge in [0.1, 0.15) is 5.82 Å². The van der Waals surface area contributed by atoms with Crippen molar-refractivity contribution in [2.45, 2.75) is 25.3 Å². The van der Waals surface area contributed by atoms with E-state index in [0.29, 0.717) is 6.04 Å². The van der Waals surface area contributed by atoms with Crippen molar-refractivity contribution in [2.75, 3.05) is 18.9 Å². The molecule has 15 heavy (non-hydrogen) atoms. The predicted octanol–water partition coefficient (Wildman–Crippen LogP) is 2.16. The van der Waals surface area contributed by atoms with Crippen molar-refractivity contribution in [1.82, 2.24) is 5.32 Å². The molecule has 2 N–H and O–H groups in total. The summed E-state index contributed by atoms with van der Waals surface area (Å²) in [6, 6.07) is 5.52. The summed E-state index contributed by atoms with van der Waals surface area (Å²) < 4.78 is 13.0. The molecule has 1 atom stereocenters. The first kappa shape index (κ1) is 10.4. The van der Waals surface area contributed by atoms with Gasteiger partial charge in [-0.2, -0.15) is 0 Å². The molecule has 1 aromatic carbocycles. The van der Waals surface area contributed by atoms with Crippen LogP contribution in [0.25, 0.3) is 0 Å². The van der Waals surface area contributed by atoms with Gasteiger partial charge in [-0.25, -0.2) is 4.39 Å². The van der Waals surface area contributed by atoms with Gasteiger partial charge in [-0.05, 0) is 56.6 Å². The largest absolute Gasteiger partial charge is 0.382 e. The van der Waals surface area contributed by atoms with Crippen molar-refractivity contribution in [2.24, 2.45) is 0 Å². The molecular formula is C12H17FN2. The molecule has 1 heterocycles. The molecule has 82 valence electrons. The molecule has 0 aromatic heterocycles. The first-order chi connectivity index (χ1) is 7.29. The minimum absolute atomic E-state index is 0.135. The van der Waals surface area contributed by atoms with E-state index in [-0.39, 0.29) is 5.82 Å². The molecule has 0 spiro atoms. The highest BCUT2D eigenvalue weighted by atomic mass is 19.1. The number of benzene rings is 1. The Morgan fingerprint density at radius 2 is 2.40 bits per heavy atom. The topological polar surface area (TPSA) is 24.1 Å². The third-order valence-electron chi connectivity index (χ3n) is 2.93. The van der Waals surface area contributed by atoms with Crippen molar-refractivity contribution >= 4 is 5.69 Å². The highest BCUT2D eigenvalue weighted by molar-refractivity contribution is 5.53. The second-order valence-corrected chi connectivity index (χ2v) is 4.07. The van der Waals surface area contributed by atoms with Crippen LogP contribution >= 0.6 is 0 Å². The van der Waals surface area contributed by atoms with E-state index in [4.69, 9.17) is 0 Å². The van der Waals surface area contributed by atoms with Gasteiger partial charge in [-0.15, -0.1) is 0 Å². The van der Waals surface area contributed by atoms with Crippen LogP contribution in [-0.4, -0.2) is 19.6 Å². The highest BCUT2D eigenvalue weighted by Gasteiger charge is 2.17. The lowest BCUT2D eigenvalue weighted by Gasteiger charge is -2.27. The summed E-state index contributed by atoms with van der Waals surface area (Å²) in [5.41, 5.74) is 2.21. The van der Waals surface area contributed by atoms with E-state index in [1.165, 1.54) is 6.07 Å². The lowest BCUT2D eigenvalue weighted by molar-refractivity contribution is 0.563. The molecule has 3 heteroatoms. The van der Waals surface area contributed by atoms with Crippen molar-refractivity contribution in [3.8, 4) is 0 Å². The quantitative estimate of drug-likeness (QED) is 0.795. The van der Waals surface area contributed by atoms with Gasteiger partial charge in [-0.3, -0.25) is 0 Å². The minimum Gasteiger partial charge on any atom is -0.382 e. The van der Waals surface area contributed by atoms with E-state index in [1.807, 2.05) is 13.1 Å². The van der Waals surface area contributed by atoms with E-state index in [1.54, 1.807) is 6.07 Å². The van der Waals surface area contributed by atoms with Gasteiger partial charge in [0.25, 0.3) is 0 Å². The Morgan fingerprint density at radius 3 is 3.20 bits per heavy atom. The van der Waals surface area contributed by atoms with Gasteiger partial charge >= 0.3 is 0 Å². The van der Waals surface area contributed by atoms with Gasteiger partial charge < -0.3 is 10.6 Å². The third kappa shape index (κ3) is 2.48. The summed E-state index contributed by atoms with van der Waals surface area (Å²) in [5.74, 6) is -0.135. The Morgan fingerprint density at radius 1 is 1.53 bits per heavy atom. The number of halogens is 1. The fraction of sp³-hybridized carbons (Fsp3) is 0.500. The Hall–Kier alpha value is -1.09. The van der Waals surface area contributed by atoms with E-state index in [9.17, 15) is 4.39 Å². The maximum absolute atomic E-state index is 13.0. The summed E-state index contributed by atoms with van der Waals surface area (Å²) >= 11 is 0. The molecule has 0 radical (unpaired) electrons. The maximum atomic E-state index is 13.0. The zero-order chi connectivity index (χ0) is 10.7. The van der Waals surface area contributed by atoms with Crippen LogP contribution in [0.15, 0.2) is 18.2 Å². The van der Waals surface area contributed by atoms with E-state index in [0.717, 1.165) is 37.1 Å². The normalized spacial score (nSPS) is 19.5. The van der Waals surface area contributed by atoms with Crippen LogP contribution in [0.5, 0.6) is 0 Å². The predicted molar refractivity (Wildman–Crippen MR) is 60.7 cm³/mol. The molecule has 1 unspecified atom stereocenters. The number of hydrogen-bond acceptors (Lipinski definition) is 2. The second kappa shape index (κ2) is 4.62. The molecule has 0 amide bonds. The summed E-state index contributed by atoms with van der Waals surface area (Å²) in [6.45, 7) is 1.02. The van der Waals surface area contributed by atoms with Crippen molar-refractivity contribution < 1.29 is 4.39 Å². The number of nitrogens with one attached hydrogen (secondary N) is 2. The number of fused-ring (bicyclic) bond motifs is 1. The van der Waals surface area contributed by atoms with E-state index >= 15 is 0 Å². The lowest BCUT2D eigenvalue weighted by atomic mass is 9.96. The van der Waals surface area contributed by atoms with Gasteiger partial charge in [0.05, 0.1) is 0 Å². The van der Waals surface area contributed by atoms with Crippen LogP contribution in [0, 0.1) is 5.82 Å². The zero-order valence-electron chi connectivity index (χ0n) is 9.02. The van der Waals surface area contributed by atoms with Crippen LogP contribution in [-0.2, 0) is 6.42 Å². The van der Waals surface area contributed by atoms with Crippen molar-refractivity contribution in [3.05, 3.63) is 29.6 Å². The average molecular weight is 208 g/mol. The molecule has 2 nitrogen and oxygen atoms in total. The molecule has 2 rings (SSSR count). The average Bonchev–Trinajstić information content (AvgIpc) is 2.26. The van der Waals surface area contributed by atoms with Crippen molar-refractivity contribution in [3.63, 3.8) is 0 Å². The molecule has 0 saturated heterocycles. The Labute approximate surface area is 89.9 Å².